The van der Waals surface area contributed by atoms with E-state index in [0.29, 0.717) is 30.6 Å². The van der Waals surface area contributed by atoms with Crippen molar-refractivity contribution in [2.75, 3.05) is 18.8 Å². The van der Waals surface area contributed by atoms with Gasteiger partial charge in [0.05, 0.1) is 5.41 Å². The van der Waals surface area contributed by atoms with Crippen LogP contribution in [-0.2, 0) is 4.79 Å². The molecule has 0 aliphatic carbocycles. The van der Waals surface area contributed by atoms with Crippen LogP contribution in [0.1, 0.15) is 30.1 Å². The van der Waals surface area contributed by atoms with E-state index in [0.717, 1.165) is 0 Å². The number of benzene rings is 1. The molecule has 0 bridgehead atoms. The fourth-order valence-electron chi connectivity index (χ4n) is 2.40. The Morgan fingerprint density at radius 2 is 1.95 bits per heavy atom. The number of nitrogens with zero attached hydrogens (tertiary/aromatic N) is 1. The zero-order valence-electron chi connectivity index (χ0n) is 10.9. The molecule has 0 aromatic heterocycles. The van der Waals surface area contributed by atoms with E-state index in [4.69, 9.17) is 5.73 Å². The van der Waals surface area contributed by atoms with Crippen LogP contribution in [0.3, 0.4) is 0 Å². The van der Waals surface area contributed by atoms with Gasteiger partial charge in [0.25, 0.3) is 5.91 Å². The predicted molar refractivity (Wildman–Crippen MR) is 71.7 cm³/mol. The molecule has 1 fully saturated rings. The molecule has 1 atom stereocenters. The Morgan fingerprint density at radius 1 is 1.32 bits per heavy atom. The number of nitrogen functional groups attached to an aromatic ring is 1. The van der Waals surface area contributed by atoms with Crippen molar-refractivity contribution in [1.29, 1.82) is 0 Å². The predicted octanol–water partition coefficient (Wildman–Crippen LogP) is 1.60. The van der Waals surface area contributed by atoms with E-state index in [1.807, 2.05) is 0 Å². The molecule has 1 unspecified atom stereocenters. The van der Waals surface area contributed by atoms with Crippen molar-refractivity contribution in [2.45, 2.75) is 19.8 Å². The van der Waals surface area contributed by atoms with Crippen LogP contribution < -0.4 is 5.73 Å². The molecular weight excluding hydrogens is 244 g/mol. The second-order valence-corrected chi connectivity index (χ2v) is 5.32. The Kier molecular flexibility index (Phi) is 3.46. The zero-order chi connectivity index (χ0) is 14.0. The van der Waals surface area contributed by atoms with Crippen molar-refractivity contribution in [2.24, 2.45) is 5.41 Å². The number of amides is 1. The van der Waals surface area contributed by atoms with E-state index < -0.39 is 11.4 Å². The van der Waals surface area contributed by atoms with Crippen LogP contribution >= 0.6 is 0 Å². The maximum atomic E-state index is 12.3. The van der Waals surface area contributed by atoms with Crippen LogP contribution in [0, 0.1) is 5.41 Å². The van der Waals surface area contributed by atoms with Crippen molar-refractivity contribution < 1.29 is 14.7 Å². The van der Waals surface area contributed by atoms with Crippen molar-refractivity contribution in [3.8, 4) is 0 Å². The average molecular weight is 262 g/mol. The average Bonchev–Trinajstić information content (AvgIpc) is 2.39. The molecule has 1 aliphatic heterocycles. The first-order valence-electron chi connectivity index (χ1n) is 6.31. The highest BCUT2D eigenvalue weighted by molar-refractivity contribution is 5.95. The van der Waals surface area contributed by atoms with Crippen LogP contribution in [-0.4, -0.2) is 35.0 Å². The van der Waals surface area contributed by atoms with E-state index in [1.165, 1.54) is 0 Å². The Bertz CT molecular complexity index is 498. The molecule has 1 saturated heterocycles. The lowest BCUT2D eigenvalue weighted by molar-refractivity contribution is -0.150. The number of carboxylic acids is 1. The Hall–Kier alpha value is -2.04. The first kappa shape index (κ1) is 13.4. The minimum absolute atomic E-state index is 0.132. The summed E-state index contributed by atoms with van der Waals surface area (Å²) in [6, 6.07) is 6.69. The number of rotatable bonds is 2. The summed E-state index contributed by atoms with van der Waals surface area (Å²) in [4.78, 5) is 25.2. The molecule has 19 heavy (non-hydrogen) atoms. The van der Waals surface area contributed by atoms with Gasteiger partial charge in [-0.05, 0) is 44.0 Å². The number of hydrogen-bond donors (Lipinski definition) is 2. The van der Waals surface area contributed by atoms with E-state index in [2.05, 4.69) is 0 Å². The van der Waals surface area contributed by atoms with Gasteiger partial charge in [0.15, 0.2) is 0 Å². The van der Waals surface area contributed by atoms with Crippen molar-refractivity contribution in [3.63, 3.8) is 0 Å². The molecule has 3 N–H and O–H groups in total. The van der Waals surface area contributed by atoms with E-state index in [-0.39, 0.29) is 12.5 Å². The van der Waals surface area contributed by atoms with Crippen molar-refractivity contribution in [1.82, 2.24) is 4.90 Å². The first-order valence-corrected chi connectivity index (χ1v) is 6.31. The van der Waals surface area contributed by atoms with Gasteiger partial charge in [0.2, 0.25) is 0 Å². The molecule has 0 radical (unpaired) electrons. The number of anilines is 1. The van der Waals surface area contributed by atoms with Gasteiger partial charge in [-0.15, -0.1) is 0 Å². The molecule has 2 rings (SSSR count). The Morgan fingerprint density at radius 3 is 2.53 bits per heavy atom. The summed E-state index contributed by atoms with van der Waals surface area (Å²) in [5.41, 5.74) is 5.89. The lowest BCUT2D eigenvalue weighted by atomic mass is 9.82. The van der Waals surface area contributed by atoms with Crippen molar-refractivity contribution in [3.05, 3.63) is 29.8 Å². The number of likely N-dealkylation sites (tertiary alicyclic amines) is 1. The highest BCUT2D eigenvalue weighted by Crippen LogP contribution is 2.30. The van der Waals surface area contributed by atoms with Gasteiger partial charge < -0.3 is 15.7 Å². The molecule has 5 nitrogen and oxygen atoms in total. The Balaban J connectivity index is 2.15. The Labute approximate surface area is 112 Å². The molecule has 1 aromatic rings. The van der Waals surface area contributed by atoms with Gasteiger partial charge in [-0.1, -0.05) is 0 Å². The third kappa shape index (κ3) is 2.70. The topological polar surface area (TPSA) is 83.6 Å². The van der Waals surface area contributed by atoms with Gasteiger partial charge in [0, 0.05) is 24.3 Å². The maximum absolute atomic E-state index is 12.3. The molecule has 1 amide bonds. The number of nitrogens with two attached hydrogens (primary N) is 1. The molecule has 102 valence electrons. The number of carbonyl (C=O) groups excluding carboxylic acids is 1. The third-order valence-electron chi connectivity index (χ3n) is 3.66. The number of hydrogen-bond acceptors (Lipinski definition) is 3. The second kappa shape index (κ2) is 4.91. The zero-order valence-corrected chi connectivity index (χ0v) is 10.9. The van der Waals surface area contributed by atoms with Crippen LogP contribution in [0.4, 0.5) is 5.69 Å². The van der Waals surface area contributed by atoms with Gasteiger partial charge >= 0.3 is 5.97 Å². The van der Waals surface area contributed by atoms with Crippen LogP contribution in [0.15, 0.2) is 24.3 Å². The summed E-state index contributed by atoms with van der Waals surface area (Å²) >= 11 is 0. The standard InChI is InChI=1S/C14H18N2O3/c1-14(13(18)19)7-2-8-16(9-14)12(17)10-3-5-11(15)6-4-10/h3-6H,2,7-9,15H2,1H3,(H,18,19). The van der Waals surface area contributed by atoms with E-state index in [1.54, 1.807) is 36.1 Å². The smallest absolute Gasteiger partial charge is 0.311 e. The summed E-state index contributed by atoms with van der Waals surface area (Å²) in [6.07, 6.45) is 1.32. The van der Waals surface area contributed by atoms with Gasteiger partial charge in [-0.3, -0.25) is 9.59 Å². The van der Waals surface area contributed by atoms with Crippen LogP contribution in [0.2, 0.25) is 0 Å². The summed E-state index contributed by atoms with van der Waals surface area (Å²) in [5, 5.41) is 9.25. The monoisotopic (exact) mass is 262 g/mol. The summed E-state index contributed by atoms with van der Waals surface area (Å²) in [7, 11) is 0. The van der Waals surface area contributed by atoms with Crippen molar-refractivity contribution >= 4 is 17.6 Å². The highest BCUT2D eigenvalue weighted by atomic mass is 16.4. The minimum atomic E-state index is -0.846. The molecule has 1 heterocycles. The fraction of sp³-hybridized carbons (Fsp3) is 0.429. The molecule has 1 aliphatic rings. The number of carbonyl (C=O) groups is 2. The van der Waals surface area contributed by atoms with Gasteiger partial charge in [-0.2, -0.15) is 0 Å². The van der Waals surface area contributed by atoms with Gasteiger partial charge in [0.1, 0.15) is 0 Å². The minimum Gasteiger partial charge on any atom is -0.481 e. The number of piperidine rings is 1. The molecule has 5 heteroatoms. The number of aliphatic carboxylic acids is 1. The summed E-state index contributed by atoms with van der Waals surface area (Å²) in [6.45, 7) is 2.55. The van der Waals surface area contributed by atoms with Gasteiger partial charge in [-0.25, -0.2) is 0 Å². The highest BCUT2D eigenvalue weighted by Gasteiger charge is 2.39. The first-order chi connectivity index (χ1) is 8.92. The summed E-state index contributed by atoms with van der Waals surface area (Å²) in [5.74, 6) is -0.977. The lowest BCUT2D eigenvalue weighted by Crippen LogP contribution is -2.48. The molecule has 1 aromatic carbocycles. The summed E-state index contributed by atoms with van der Waals surface area (Å²) < 4.78 is 0. The third-order valence-corrected chi connectivity index (χ3v) is 3.66. The van der Waals surface area contributed by atoms with E-state index >= 15 is 0 Å². The SMILES string of the molecule is CC1(C(=O)O)CCCN(C(=O)c2ccc(N)cc2)C1. The normalized spacial score (nSPS) is 23.1. The maximum Gasteiger partial charge on any atom is 0.311 e. The largest absolute Gasteiger partial charge is 0.481 e. The van der Waals surface area contributed by atoms with Crippen LogP contribution in [0.5, 0.6) is 0 Å². The van der Waals surface area contributed by atoms with Crippen LogP contribution in [0.25, 0.3) is 0 Å². The lowest BCUT2D eigenvalue weighted by Gasteiger charge is -2.37. The number of carboxylic acid groups (broad SMARTS) is 1. The second-order valence-electron chi connectivity index (χ2n) is 5.32. The molecule has 0 spiro atoms. The molecular formula is C14H18N2O3. The van der Waals surface area contributed by atoms with E-state index in [9.17, 15) is 14.7 Å². The fourth-order valence-corrected chi connectivity index (χ4v) is 2.40. The quantitative estimate of drug-likeness (QED) is 0.793. The molecule has 0 saturated carbocycles.